The molecular weight excluding hydrogens is 381 g/mol. The lowest BCUT2D eigenvalue weighted by Gasteiger charge is -2.06. The fraction of sp³-hybridized carbons (Fsp3) is 0.222. The molecule has 9 heteroatoms. The summed E-state index contributed by atoms with van der Waals surface area (Å²) < 4.78 is 51.4. The number of hydrogen-bond acceptors (Lipinski definition) is 4. The summed E-state index contributed by atoms with van der Waals surface area (Å²) in [6, 6.07) is 7.68. The summed E-state index contributed by atoms with van der Waals surface area (Å²) in [4.78, 5) is 17.0. The Morgan fingerprint density at radius 1 is 1.19 bits per heavy atom. The summed E-state index contributed by atoms with van der Waals surface area (Å²) in [7, 11) is 0. The number of thiazole rings is 1. The molecule has 0 spiro atoms. The van der Waals surface area contributed by atoms with Gasteiger partial charge >= 0.3 is 6.18 Å². The van der Waals surface area contributed by atoms with Crippen LogP contribution in [0.1, 0.15) is 22.8 Å². The van der Waals surface area contributed by atoms with Gasteiger partial charge in [-0.05, 0) is 31.2 Å². The number of hydrogen-bond donors (Lipinski definition) is 0. The summed E-state index contributed by atoms with van der Waals surface area (Å²) in [5.74, 6) is 0.660. The number of carbonyl (C=O) groups excluding carboxylic acids is 1. The van der Waals surface area contributed by atoms with Gasteiger partial charge in [0.15, 0.2) is 16.3 Å². The van der Waals surface area contributed by atoms with Crippen molar-refractivity contribution in [2.45, 2.75) is 19.6 Å². The highest BCUT2D eigenvalue weighted by Crippen LogP contribution is 2.37. The second-order valence-electron chi connectivity index (χ2n) is 5.79. The van der Waals surface area contributed by atoms with E-state index < -0.39 is 17.6 Å². The molecule has 5 nitrogen and oxygen atoms in total. The van der Waals surface area contributed by atoms with Crippen LogP contribution < -0.4 is 14.3 Å². The zero-order valence-corrected chi connectivity index (χ0v) is 14.9. The summed E-state index contributed by atoms with van der Waals surface area (Å²) >= 11 is 1.30. The van der Waals surface area contributed by atoms with Gasteiger partial charge in [-0.25, -0.2) is 0 Å². The van der Waals surface area contributed by atoms with E-state index in [0.717, 1.165) is 34.5 Å². The molecule has 0 saturated carbocycles. The van der Waals surface area contributed by atoms with E-state index in [1.54, 1.807) is 0 Å². The van der Waals surface area contributed by atoms with Crippen LogP contribution in [-0.2, 0) is 12.7 Å². The third kappa shape index (κ3) is 3.18. The Bertz CT molecular complexity index is 1100. The SMILES string of the molecule is CCn1c(=NC(=O)c2ccc(C(F)(F)F)cc2)sc2cc3c(cc21)OCO3. The number of amides is 1. The van der Waals surface area contributed by atoms with Crippen molar-refractivity contribution < 1.29 is 27.4 Å². The quantitative estimate of drug-likeness (QED) is 0.654. The molecule has 0 bridgehead atoms. The molecule has 0 atom stereocenters. The average molecular weight is 394 g/mol. The molecule has 0 fully saturated rings. The van der Waals surface area contributed by atoms with Crippen LogP contribution in [0.15, 0.2) is 41.4 Å². The van der Waals surface area contributed by atoms with E-state index in [1.807, 2.05) is 23.6 Å². The van der Waals surface area contributed by atoms with Gasteiger partial charge in [-0.15, -0.1) is 0 Å². The lowest BCUT2D eigenvalue weighted by atomic mass is 10.1. The number of rotatable bonds is 2. The molecule has 1 aromatic heterocycles. The minimum atomic E-state index is -4.44. The van der Waals surface area contributed by atoms with Crippen molar-refractivity contribution in [3.63, 3.8) is 0 Å². The van der Waals surface area contributed by atoms with Crippen molar-refractivity contribution in [3.05, 3.63) is 52.3 Å². The number of carbonyl (C=O) groups is 1. The second-order valence-corrected chi connectivity index (χ2v) is 6.80. The Balaban J connectivity index is 1.75. The first-order valence-electron chi connectivity index (χ1n) is 8.06. The van der Waals surface area contributed by atoms with Gasteiger partial charge in [0.05, 0.1) is 15.8 Å². The Kier molecular flexibility index (Phi) is 4.18. The third-order valence-corrected chi connectivity index (χ3v) is 5.19. The molecule has 0 aliphatic carbocycles. The fourth-order valence-corrected chi connectivity index (χ4v) is 3.91. The normalized spacial score (nSPS) is 14.1. The van der Waals surface area contributed by atoms with Crippen molar-refractivity contribution >= 4 is 27.5 Å². The van der Waals surface area contributed by atoms with E-state index in [4.69, 9.17) is 9.47 Å². The lowest BCUT2D eigenvalue weighted by molar-refractivity contribution is -0.137. The van der Waals surface area contributed by atoms with Crippen molar-refractivity contribution in [1.82, 2.24) is 4.57 Å². The maximum Gasteiger partial charge on any atom is 0.416 e. The summed E-state index contributed by atoms with van der Waals surface area (Å²) in [5, 5.41) is 0. The molecule has 0 N–H and O–H groups in total. The lowest BCUT2D eigenvalue weighted by Crippen LogP contribution is -2.16. The molecule has 4 rings (SSSR count). The van der Waals surface area contributed by atoms with Crippen LogP contribution in [0, 0.1) is 0 Å². The molecule has 1 aliphatic rings. The highest BCUT2D eigenvalue weighted by molar-refractivity contribution is 7.16. The van der Waals surface area contributed by atoms with E-state index >= 15 is 0 Å². The fourth-order valence-electron chi connectivity index (χ4n) is 2.80. The highest BCUT2D eigenvalue weighted by Gasteiger charge is 2.30. The number of nitrogens with zero attached hydrogens (tertiary/aromatic N) is 2. The number of alkyl halides is 3. The van der Waals surface area contributed by atoms with Gasteiger partial charge in [-0.1, -0.05) is 11.3 Å². The number of benzene rings is 2. The van der Waals surface area contributed by atoms with Gasteiger partial charge in [-0.3, -0.25) is 4.79 Å². The highest BCUT2D eigenvalue weighted by atomic mass is 32.1. The first-order valence-corrected chi connectivity index (χ1v) is 8.88. The molecule has 2 heterocycles. The largest absolute Gasteiger partial charge is 0.454 e. The zero-order valence-electron chi connectivity index (χ0n) is 14.0. The van der Waals surface area contributed by atoms with E-state index in [1.165, 1.54) is 11.3 Å². The molecule has 27 heavy (non-hydrogen) atoms. The molecule has 0 radical (unpaired) electrons. The van der Waals surface area contributed by atoms with E-state index in [9.17, 15) is 18.0 Å². The van der Waals surface area contributed by atoms with Gasteiger partial charge in [-0.2, -0.15) is 18.2 Å². The van der Waals surface area contributed by atoms with Crippen LogP contribution in [0.2, 0.25) is 0 Å². The zero-order chi connectivity index (χ0) is 19.2. The second kappa shape index (κ2) is 6.41. The Morgan fingerprint density at radius 2 is 1.85 bits per heavy atom. The molecule has 1 amide bonds. The summed E-state index contributed by atoms with van der Waals surface area (Å²) in [5.41, 5.74) is 0.141. The number of aryl methyl sites for hydroxylation is 1. The minimum absolute atomic E-state index is 0.0947. The number of aromatic nitrogens is 1. The van der Waals surface area contributed by atoms with Crippen molar-refractivity contribution in [2.75, 3.05) is 6.79 Å². The van der Waals surface area contributed by atoms with Crippen molar-refractivity contribution in [2.24, 2.45) is 4.99 Å². The molecule has 3 aromatic rings. The van der Waals surface area contributed by atoms with Gasteiger partial charge in [0.1, 0.15) is 0 Å². The van der Waals surface area contributed by atoms with Crippen LogP contribution in [-0.4, -0.2) is 17.3 Å². The Morgan fingerprint density at radius 3 is 2.48 bits per heavy atom. The summed E-state index contributed by atoms with van der Waals surface area (Å²) in [6.07, 6.45) is -4.44. The monoisotopic (exact) mass is 394 g/mol. The predicted molar refractivity (Wildman–Crippen MR) is 92.9 cm³/mol. The summed E-state index contributed by atoms with van der Waals surface area (Å²) in [6.45, 7) is 2.65. The first kappa shape index (κ1) is 17.6. The number of halogens is 3. The van der Waals surface area contributed by atoms with E-state index in [0.29, 0.717) is 22.8 Å². The molecule has 1 aliphatic heterocycles. The van der Waals surface area contributed by atoms with E-state index in [2.05, 4.69) is 4.99 Å². The molecule has 0 saturated heterocycles. The molecule has 0 unspecified atom stereocenters. The van der Waals surface area contributed by atoms with Crippen LogP contribution in [0.25, 0.3) is 10.2 Å². The topological polar surface area (TPSA) is 52.8 Å². The van der Waals surface area contributed by atoms with Crippen LogP contribution in [0.5, 0.6) is 11.5 Å². The number of fused-ring (bicyclic) bond motifs is 2. The van der Waals surface area contributed by atoms with Gasteiger partial charge in [0.2, 0.25) is 6.79 Å². The standard InChI is InChI=1S/C18H13F3N2O3S/c1-2-23-12-7-13-14(26-9-25-13)8-15(12)27-17(23)22-16(24)10-3-5-11(6-4-10)18(19,20)21/h3-8H,2,9H2,1H3. The Hall–Kier alpha value is -2.81. The van der Waals surface area contributed by atoms with Crippen molar-refractivity contribution in [1.29, 1.82) is 0 Å². The third-order valence-electron chi connectivity index (χ3n) is 4.15. The van der Waals surface area contributed by atoms with E-state index in [-0.39, 0.29) is 12.4 Å². The molecule has 2 aromatic carbocycles. The molecule has 140 valence electrons. The van der Waals surface area contributed by atoms with Crippen LogP contribution >= 0.6 is 11.3 Å². The predicted octanol–water partition coefficient (Wildman–Crippen LogP) is 4.21. The smallest absolute Gasteiger partial charge is 0.416 e. The first-order chi connectivity index (χ1) is 12.9. The van der Waals surface area contributed by atoms with Gasteiger partial charge in [0, 0.05) is 24.2 Å². The number of ether oxygens (including phenoxy) is 2. The maximum atomic E-state index is 12.7. The van der Waals surface area contributed by atoms with Gasteiger partial charge in [0.25, 0.3) is 5.91 Å². The average Bonchev–Trinajstić information content (AvgIpc) is 3.21. The maximum absolute atomic E-state index is 12.7. The van der Waals surface area contributed by atoms with Crippen LogP contribution in [0.4, 0.5) is 13.2 Å². The van der Waals surface area contributed by atoms with Crippen LogP contribution in [0.3, 0.4) is 0 Å². The van der Waals surface area contributed by atoms with Crippen molar-refractivity contribution in [3.8, 4) is 11.5 Å². The Labute approximate surface area is 155 Å². The molecular formula is C18H13F3N2O3S. The van der Waals surface area contributed by atoms with Gasteiger partial charge < -0.3 is 14.0 Å². The minimum Gasteiger partial charge on any atom is -0.454 e.